The largest absolute Gasteiger partial charge is 0.493 e. The number of carbonyl (C=O) groups is 1. The molecule has 3 rings (SSSR count). The molecule has 1 unspecified atom stereocenters. The lowest BCUT2D eigenvalue weighted by Crippen LogP contribution is -2.15. The summed E-state index contributed by atoms with van der Waals surface area (Å²) < 4.78 is 5.76. The summed E-state index contributed by atoms with van der Waals surface area (Å²) in [5.41, 5.74) is 3.52. The fourth-order valence-electron chi connectivity index (χ4n) is 2.99. The van der Waals surface area contributed by atoms with Crippen LogP contribution < -0.4 is 4.74 Å². The van der Waals surface area contributed by atoms with Gasteiger partial charge in [0.15, 0.2) is 0 Å². The van der Waals surface area contributed by atoms with Crippen molar-refractivity contribution in [3.63, 3.8) is 0 Å². The van der Waals surface area contributed by atoms with Gasteiger partial charge in [0.1, 0.15) is 11.5 Å². The molecule has 21 heavy (non-hydrogen) atoms. The maximum absolute atomic E-state index is 11.6. The SMILES string of the molecule is CCC(=O)Cc1ccc2c(c1)C(CC1=CCC=N1)CCO2. The van der Waals surface area contributed by atoms with Gasteiger partial charge in [-0.05, 0) is 36.0 Å². The molecular formula is C18H21NO2. The molecule has 1 atom stereocenters. The Morgan fingerprint density at radius 2 is 2.33 bits per heavy atom. The zero-order chi connectivity index (χ0) is 14.7. The van der Waals surface area contributed by atoms with Gasteiger partial charge in [0, 0.05) is 31.2 Å². The third-order valence-electron chi connectivity index (χ3n) is 4.21. The van der Waals surface area contributed by atoms with Crippen LogP contribution in [-0.4, -0.2) is 18.6 Å². The molecule has 1 aromatic carbocycles. The van der Waals surface area contributed by atoms with E-state index in [2.05, 4.69) is 17.1 Å². The summed E-state index contributed by atoms with van der Waals surface area (Å²) in [5.74, 6) is 1.71. The summed E-state index contributed by atoms with van der Waals surface area (Å²) in [6.07, 6.45) is 8.22. The van der Waals surface area contributed by atoms with Gasteiger partial charge >= 0.3 is 0 Å². The summed E-state index contributed by atoms with van der Waals surface area (Å²) >= 11 is 0. The number of nitrogens with zero attached hydrogens (tertiary/aromatic N) is 1. The van der Waals surface area contributed by atoms with Crippen LogP contribution in [0.3, 0.4) is 0 Å². The smallest absolute Gasteiger partial charge is 0.136 e. The Kier molecular flexibility index (Phi) is 4.18. The molecule has 0 spiro atoms. The molecule has 0 bridgehead atoms. The molecule has 0 fully saturated rings. The quantitative estimate of drug-likeness (QED) is 0.824. The molecule has 3 nitrogen and oxygen atoms in total. The number of rotatable bonds is 5. The molecule has 0 aromatic heterocycles. The maximum atomic E-state index is 11.6. The van der Waals surface area contributed by atoms with Crippen molar-refractivity contribution in [3.05, 3.63) is 41.1 Å². The lowest BCUT2D eigenvalue weighted by molar-refractivity contribution is -0.118. The average Bonchev–Trinajstić information content (AvgIpc) is 3.01. The van der Waals surface area contributed by atoms with Crippen LogP contribution in [0.15, 0.2) is 35.0 Å². The van der Waals surface area contributed by atoms with E-state index in [1.165, 1.54) is 11.3 Å². The number of ether oxygens (including phenoxy) is 1. The lowest BCUT2D eigenvalue weighted by atomic mass is 9.87. The van der Waals surface area contributed by atoms with Gasteiger partial charge < -0.3 is 4.74 Å². The maximum Gasteiger partial charge on any atom is 0.136 e. The topological polar surface area (TPSA) is 38.7 Å². The standard InChI is InChI=1S/C18H21NO2/c1-2-16(20)10-13-5-6-18-17(11-13)14(7-9-21-18)12-15-4-3-8-19-15/h4-6,8,11,14H,2-3,7,9-10,12H2,1H3. The second-order valence-electron chi connectivity index (χ2n) is 5.72. The molecule has 2 heterocycles. The molecule has 3 heteroatoms. The summed E-state index contributed by atoms with van der Waals surface area (Å²) in [6, 6.07) is 6.19. The third kappa shape index (κ3) is 3.23. The predicted octanol–water partition coefficient (Wildman–Crippen LogP) is 3.82. The monoisotopic (exact) mass is 283 g/mol. The predicted molar refractivity (Wildman–Crippen MR) is 84.1 cm³/mol. The first-order chi connectivity index (χ1) is 10.3. The van der Waals surface area contributed by atoms with Gasteiger partial charge in [-0.25, -0.2) is 0 Å². The zero-order valence-electron chi connectivity index (χ0n) is 12.5. The highest BCUT2D eigenvalue weighted by atomic mass is 16.5. The molecule has 110 valence electrons. The van der Waals surface area contributed by atoms with Crippen molar-refractivity contribution >= 4 is 12.0 Å². The average molecular weight is 283 g/mol. The van der Waals surface area contributed by atoms with Crippen molar-refractivity contribution in [1.29, 1.82) is 0 Å². The van der Waals surface area contributed by atoms with E-state index in [0.717, 1.165) is 37.2 Å². The number of Topliss-reactive ketones (excluding diaryl/α,β-unsaturated/α-hetero) is 1. The number of carbonyl (C=O) groups excluding carboxylic acids is 1. The first-order valence-electron chi connectivity index (χ1n) is 7.75. The molecule has 0 saturated carbocycles. The fourth-order valence-corrected chi connectivity index (χ4v) is 2.99. The highest BCUT2D eigenvalue weighted by molar-refractivity contribution is 5.80. The molecule has 2 aliphatic heterocycles. The zero-order valence-corrected chi connectivity index (χ0v) is 12.5. The second-order valence-corrected chi connectivity index (χ2v) is 5.72. The Morgan fingerprint density at radius 1 is 1.43 bits per heavy atom. The first-order valence-corrected chi connectivity index (χ1v) is 7.75. The Bertz CT molecular complexity index is 601. The lowest BCUT2D eigenvalue weighted by Gasteiger charge is -2.26. The van der Waals surface area contributed by atoms with E-state index in [1.54, 1.807) is 0 Å². The van der Waals surface area contributed by atoms with E-state index in [4.69, 9.17) is 4.74 Å². The Balaban J connectivity index is 1.82. The van der Waals surface area contributed by atoms with Crippen molar-refractivity contribution in [2.24, 2.45) is 4.99 Å². The van der Waals surface area contributed by atoms with Gasteiger partial charge in [-0.1, -0.05) is 25.1 Å². The molecule has 0 radical (unpaired) electrons. The molecule has 0 aliphatic carbocycles. The molecule has 0 saturated heterocycles. The van der Waals surface area contributed by atoms with Crippen LogP contribution in [0, 0.1) is 0 Å². The molecule has 1 aromatic rings. The molecule has 0 amide bonds. The minimum atomic E-state index is 0.284. The van der Waals surface area contributed by atoms with Crippen LogP contribution >= 0.6 is 0 Å². The number of hydrogen-bond donors (Lipinski definition) is 0. The summed E-state index contributed by atoms with van der Waals surface area (Å²) in [7, 11) is 0. The number of allylic oxidation sites excluding steroid dienone is 2. The second kappa shape index (κ2) is 6.25. The van der Waals surface area contributed by atoms with E-state index in [9.17, 15) is 4.79 Å². The Morgan fingerprint density at radius 3 is 3.10 bits per heavy atom. The van der Waals surface area contributed by atoms with E-state index >= 15 is 0 Å². The normalized spacial score (nSPS) is 19.9. The van der Waals surface area contributed by atoms with Crippen LogP contribution in [0.25, 0.3) is 0 Å². The molecule has 0 N–H and O–H groups in total. The number of aliphatic imine (C=N–C) groups is 1. The van der Waals surface area contributed by atoms with Crippen LogP contribution in [0.2, 0.25) is 0 Å². The van der Waals surface area contributed by atoms with Crippen molar-refractivity contribution in [2.75, 3.05) is 6.61 Å². The number of benzene rings is 1. The first kappa shape index (κ1) is 14.1. The van der Waals surface area contributed by atoms with Gasteiger partial charge in [0.2, 0.25) is 0 Å². The third-order valence-corrected chi connectivity index (χ3v) is 4.21. The number of ketones is 1. The van der Waals surface area contributed by atoms with Crippen LogP contribution in [-0.2, 0) is 11.2 Å². The van der Waals surface area contributed by atoms with Crippen LogP contribution in [0.5, 0.6) is 5.75 Å². The van der Waals surface area contributed by atoms with Gasteiger partial charge in [0.05, 0.1) is 6.61 Å². The highest BCUT2D eigenvalue weighted by Crippen LogP contribution is 2.38. The molecular weight excluding hydrogens is 262 g/mol. The van der Waals surface area contributed by atoms with Crippen molar-refractivity contribution in [3.8, 4) is 5.75 Å². The summed E-state index contributed by atoms with van der Waals surface area (Å²) in [6.45, 7) is 2.68. The van der Waals surface area contributed by atoms with Gasteiger partial charge in [0.25, 0.3) is 0 Å². The summed E-state index contributed by atoms with van der Waals surface area (Å²) in [5, 5.41) is 0. The van der Waals surface area contributed by atoms with Gasteiger partial charge in [-0.15, -0.1) is 0 Å². The van der Waals surface area contributed by atoms with E-state index in [0.29, 0.717) is 18.8 Å². The number of hydrogen-bond acceptors (Lipinski definition) is 3. The van der Waals surface area contributed by atoms with E-state index < -0.39 is 0 Å². The molecule has 2 aliphatic rings. The van der Waals surface area contributed by atoms with E-state index in [1.807, 2.05) is 25.3 Å². The summed E-state index contributed by atoms with van der Waals surface area (Å²) in [4.78, 5) is 16.1. The fraction of sp³-hybridized carbons (Fsp3) is 0.444. The van der Waals surface area contributed by atoms with E-state index in [-0.39, 0.29) is 5.78 Å². The highest BCUT2D eigenvalue weighted by Gasteiger charge is 2.23. The van der Waals surface area contributed by atoms with Gasteiger partial charge in [-0.2, -0.15) is 0 Å². The Hall–Kier alpha value is -1.90. The number of fused-ring (bicyclic) bond motifs is 1. The van der Waals surface area contributed by atoms with Crippen LogP contribution in [0.4, 0.5) is 0 Å². The van der Waals surface area contributed by atoms with Crippen molar-refractivity contribution < 1.29 is 9.53 Å². The minimum absolute atomic E-state index is 0.284. The van der Waals surface area contributed by atoms with Crippen LogP contribution in [0.1, 0.15) is 49.7 Å². The minimum Gasteiger partial charge on any atom is -0.493 e. The Labute approximate surface area is 125 Å². The van der Waals surface area contributed by atoms with Crippen molar-refractivity contribution in [2.45, 2.75) is 44.9 Å². The van der Waals surface area contributed by atoms with Gasteiger partial charge in [-0.3, -0.25) is 9.79 Å². The van der Waals surface area contributed by atoms with Crippen molar-refractivity contribution in [1.82, 2.24) is 0 Å².